The van der Waals surface area contributed by atoms with Crippen molar-refractivity contribution in [3.8, 4) is 11.5 Å². The van der Waals surface area contributed by atoms with Crippen LogP contribution in [0, 0.1) is 5.92 Å². The molecule has 3 N–H and O–H groups in total. The predicted molar refractivity (Wildman–Crippen MR) is 132 cm³/mol. The van der Waals surface area contributed by atoms with E-state index in [1.54, 1.807) is 26.5 Å². The molecule has 1 aromatic heterocycles. The van der Waals surface area contributed by atoms with Crippen molar-refractivity contribution in [2.24, 2.45) is 13.0 Å². The molecule has 1 unspecified atom stereocenters. The average Bonchev–Trinajstić information content (AvgIpc) is 3.25. The van der Waals surface area contributed by atoms with Gasteiger partial charge >= 0.3 is 6.03 Å². The normalized spacial score (nSPS) is 13.9. The lowest BCUT2D eigenvalue weighted by molar-refractivity contribution is -0.122. The second-order valence-corrected chi connectivity index (χ2v) is 8.62. The molecule has 184 valence electrons. The molecular weight excluding hydrogens is 446 g/mol. The number of carbonyl (C=O) groups is 2. The summed E-state index contributed by atoms with van der Waals surface area (Å²) in [6, 6.07) is 12.1. The van der Waals surface area contributed by atoms with Crippen molar-refractivity contribution in [3.05, 3.63) is 71.8 Å². The van der Waals surface area contributed by atoms with Gasteiger partial charge in [0.05, 0.1) is 14.2 Å². The lowest BCUT2D eigenvalue weighted by Gasteiger charge is -2.24. The number of benzene rings is 2. The van der Waals surface area contributed by atoms with Gasteiger partial charge in [0, 0.05) is 43.7 Å². The topological polar surface area (TPSA) is 107 Å². The quantitative estimate of drug-likeness (QED) is 0.435. The Labute approximate surface area is 204 Å². The molecule has 1 atom stereocenters. The highest BCUT2D eigenvalue weighted by atomic mass is 16.5. The van der Waals surface area contributed by atoms with Gasteiger partial charge in [-0.2, -0.15) is 0 Å². The number of nitrogens with zero attached hydrogens (tertiary/aromatic N) is 2. The van der Waals surface area contributed by atoms with E-state index in [0.717, 1.165) is 36.1 Å². The third-order valence-corrected chi connectivity index (χ3v) is 6.22. The first-order valence-corrected chi connectivity index (χ1v) is 11.6. The number of hydrogen-bond donors (Lipinski definition) is 3. The monoisotopic (exact) mass is 477 g/mol. The van der Waals surface area contributed by atoms with Crippen molar-refractivity contribution in [1.82, 2.24) is 20.2 Å². The lowest BCUT2D eigenvalue weighted by Crippen LogP contribution is -2.39. The third kappa shape index (κ3) is 5.92. The van der Waals surface area contributed by atoms with Crippen molar-refractivity contribution < 1.29 is 19.1 Å². The maximum atomic E-state index is 12.9. The number of anilines is 1. The van der Waals surface area contributed by atoms with Gasteiger partial charge in [0.2, 0.25) is 5.91 Å². The molecule has 1 aliphatic carbocycles. The van der Waals surface area contributed by atoms with E-state index in [-0.39, 0.29) is 17.9 Å². The summed E-state index contributed by atoms with van der Waals surface area (Å²) >= 11 is 0. The summed E-state index contributed by atoms with van der Waals surface area (Å²) in [4.78, 5) is 29.6. The van der Waals surface area contributed by atoms with E-state index in [9.17, 15) is 9.59 Å². The summed E-state index contributed by atoms with van der Waals surface area (Å²) in [7, 11) is 5.03. The second kappa shape index (κ2) is 10.9. The van der Waals surface area contributed by atoms with Gasteiger partial charge < -0.3 is 30.0 Å². The SMILES string of the molecule is COc1cc(OC)cc(C(NC(=O)NCc2cccc(NC(=O)C3CCC3)c2)c2nccn2C)c1. The minimum Gasteiger partial charge on any atom is -0.497 e. The van der Waals surface area contributed by atoms with Crippen LogP contribution in [-0.4, -0.2) is 35.7 Å². The second-order valence-electron chi connectivity index (χ2n) is 8.62. The highest BCUT2D eigenvalue weighted by Crippen LogP contribution is 2.30. The average molecular weight is 478 g/mol. The maximum absolute atomic E-state index is 12.9. The van der Waals surface area contributed by atoms with E-state index in [2.05, 4.69) is 20.9 Å². The molecule has 4 rings (SSSR count). The van der Waals surface area contributed by atoms with Gasteiger partial charge in [0.25, 0.3) is 0 Å². The van der Waals surface area contributed by atoms with Crippen LogP contribution in [0.25, 0.3) is 0 Å². The number of ether oxygens (including phenoxy) is 2. The van der Waals surface area contributed by atoms with Gasteiger partial charge in [-0.05, 0) is 48.2 Å². The molecule has 0 radical (unpaired) electrons. The smallest absolute Gasteiger partial charge is 0.315 e. The fourth-order valence-electron chi connectivity index (χ4n) is 3.99. The van der Waals surface area contributed by atoms with Crippen LogP contribution in [0.3, 0.4) is 0 Å². The van der Waals surface area contributed by atoms with Crippen LogP contribution in [0.5, 0.6) is 11.5 Å². The Bertz CT molecular complexity index is 1170. The Morgan fingerprint density at radius 1 is 1.11 bits per heavy atom. The number of aromatic nitrogens is 2. The Morgan fingerprint density at radius 2 is 1.86 bits per heavy atom. The van der Waals surface area contributed by atoms with Crippen molar-refractivity contribution in [2.75, 3.05) is 19.5 Å². The van der Waals surface area contributed by atoms with Crippen LogP contribution in [0.1, 0.15) is 42.3 Å². The standard InChI is InChI=1S/C26H31N5O4/c1-31-11-10-27-24(31)23(19-13-21(34-2)15-22(14-19)35-3)30-26(33)28-16-17-6-4-9-20(12-17)29-25(32)18-7-5-8-18/h4,6,9-15,18,23H,5,7-8,16H2,1-3H3,(H,29,32)(H2,28,30,33). The highest BCUT2D eigenvalue weighted by Gasteiger charge is 2.25. The number of urea groups is 1. The van der Waals surface area contributed by atoms with Crippen molar-refractivity contribution >= 4 is 17.6 Å². The Hall–Kier alpha value is -4.01. The largest absolute Gasteiger partial charge is 0.497 e. The van der Waals surface area contributed by atoms with Crippen LogP contribution in [0.2, 0.25) is 0 Å². The van der Waals surface area contributed by atoms with Gasteiger partial charge in [-0.15, -0.1) is 0 Å². The van der Waals surface area contributed by atoms with E-state index >= 15 is 0 Å². The van der Waals surface area contributed by atoms with Crippen LogP contribution < -0.4 is 25.4 Å². The first kappa shape index (κ1) is 24.1. The molecule has 1 saturated carbocycles. The summed E-state index contributed by atoms with van der Waals surface area (Å²) < 4.78 is 12.7. The van der Waals surface area contributed by atoms with E-state index in [4.69, 9.17) is 9.47 Å². The zero-order valence-corrected chi connectivity index (χ0v) is 20.2. The molecule has 1 aliphatic rings. The molecule has 0 spiro atoms. The van der Waals surface area contributed by atoms with E-state index in [1.165, 1.54) is 0 Å². The third-order valence-electron chi connectivity index (χ3n) is 6.22. The molecule has 1 heterocycles. The lowest BCUT2D eigenvalue weighted by atomic mass is 9.85. The van der Waals surface area contributed by atoms with Gasteiger partial charge in [-0.25, -0.2) is 9.78 Å². The molecule has 3 amide bonds. The first-order chi connectivity index (χ1) is 17.0. The number of amides is 3. The number of carbonyl (C=O) groups excluding carboxylic acids is 2. The molecule has 9 heteroatoms. The number of methoxy groups -OCH3 is 2. The number of nitrogens with one attached hydrogen (secondary N) is 3. The van der Waals surface area contributed by atoms with Crippen molar-refractivity contribution in [1.29, 1.82) is 0 Å². The molecule has 0 saturated heterocycles. The van der Waals surface area contributed by atoms with Gasteiger partial charge in [0.1, 0.15) is 23.4 Å². The van der Waals surface area contributed by atoms with E-state index in [0.29, 0.717) is 23.9 Å². The van der Waals surface area contributed by atoms with E-state index in [1.807, 2.05) is 54.2 Å². The zero-order valence-electron chi connectivity index (χ0n) is 20.2. The fraction of sp³-hybridized carbons (Fsp3) is 0.346. The number of rotatable bonds is 9. The Morgan fingerprint density at radius 3 is 2.46 bits per heavy atom. The van der Waals surface area contributed by atoms with Crippen LogP contribution in [0.4, 0.5) is 10.5 Å². The van der Waals surface area contributed by atoms with Crippen LogP contribution >= 0.6 is 0 Å². The predicted octanol–water partition coefficient (Wildman–Crippen LogP) is 3.76. The van der Waals surface area contributed by atoms with E-state index < -0.39 is 6.04 Å². The van der Waals surface area contributed by atoms with Crippen LogP contribution in [-0.2, 0) is 18.4 Å². The summed E-state index contributed by atoms with van der Waals surface area (Å²) in [5.41, 5.74) is 2.38. The molecule has 0 bridgehead atoms. The zero-order chi connectivity index (χ0) is 24.8. The minimum atomic E-state index is -0.535. The summed E-state index contributed by atoms with van der Waals surface area (Å²) in [6.45, 7) is 0.299. The minimum absolute atomic E-state index is 0.0609. The molecule has 0 aliphatic heterocycles. The molecule has 35 heavy (non-hydrogen) atoms. The maximum Gasteiger partial charge on any atom is 0.315 e. The van der Waals surface area contributed by atoms with Gasteiger partial charge in [0.15, 0.2) is 0 Å². The Kier molecular flexibility index (Phi) is 7.54. The Balaban J connectivity index is 1.45. The van der Waals surface area contributed by atoms with Crippen molar-refractivity contribution in [2.45, 2.75) is 31.8 Å². The molecule has 9 nitrogen and oxygen atoms in total. The molecule has 1 fully saturated rings. The molecule has 2 aromatic carbocycles. The summed E-state index contributed by atoms with van der Waals surface area (Å²) in [6.07, 6.45) is 6.51. The van der Waals surface area contributed by atoms with Crippen molar-refractivity contribution in [3.63, 3.8) is 0 Å². The highest BCUT2D eigenvalue weighted by molar-refractivity contribution is 5.93. The van der Waals surface area contributed by atoms with Gasteiger partial charge in [-0.3, -0.25) is 4.79 Å². The summed E-state index contributed by atoms with van der Waals surface area (Å²) in [5.74, 6) is 2.06. The number of imidazole rings is 1. The summed E-state index contributed by atoms with van der Waals surface area (Å²) in [5, 5.41) is 8.88. The number of hydrogen-bond acceptors (Lipinski definition) is 5. The molecular formula is C26H31N5O4. The first-order valence-electron chi connectivity index (χ1n) is 11.6. The number of aryl methyl sites for hydroxylation is 1. The molecule has 3 aromatic rings. The van der Waals surface area contributed by atoms with Crippen LogP contribution in [0.15, 0.2) is 54.9 Å². The van der Waals surface area contributed by atoms with Gasteiger partial charge in [-0.1, -0.05) is 18.6 Å². The fourth-order valence-corrected chi connectivity index (χ4v) is 3.99.